The fourth-order valence-corrected chi connectivity index (χ4v) is 2.65. The number of amides is 1. The summed E-state index contributed by atoms with van der Waals surface area (Å²) in [7, 11) is 3.06. The van der Waals surface area contributed by atoms with Crippen molar-refractivity contribution in [2.75, 3.05) is 45.8 Å². The number of morpholine rings is 1. The van der Waals surface area contributed by atoms with E-state index in [1.807, 2.05) is 0 Å². The van der Waals surface area contributed by atoms with Crippen molar-refractivity contribution in [3.05, 3.63) is 59.7 Å². The third kappa shape index (κ3) is 7.23. The van der Waals surface area contributed by atoms with E-state index in [1.54, 1.807) is 36.4 Å². The van der Waals surface area contributed by atoms with Gasteiger partial charge in [0.05, 0.1) is 52.2 Å². The van der Waals surface area contributed by atoms with Crippen molar-refractivity contribution in [1.82, 2.24) is 0 Å². The predicted octanol–water partition coefficient (Wildman–Crippen LogP) is 0.299. The van der Waals surface area contributed by atoms with E-state index >= 15 is 0 Å². The number of nitrogens with one attached hydrogen (secondary N) is 1. The number of anilines is 1. The molecule has 1 fully saturated rings. The molecule has 3 N–H and O–H groups in total. The highest BCUT2D eigenvalue weighted by Gasteiger charge is 2.06. The fraction of sp³-hybridized carbons (Fsp3) is 0.273. The van der Waals surface area contributed by atoms with Gasteiger partial charge in [-0.3, -0.25) is 4.79 Å². The van der Waals surface area contributed by atoms with Crippen molar-refractivity contribution in [1.29, 1.82) is 0 Å². The molecule has 30 heavy (non-hydrogen) atoms. The summed E-state index contributed by atoms with van der Waals surface area (Å²) in [6.07, 6.45) is 2.88. The highest BCUT2D eigenvalue weighted by atomic mass is 16.5. The van der Waals surface area contributed by atoms with Crippen LogP contribution >= 0.6 is 0 Å². The number of carboxylic acids is 1. The van der Waals surface area contributed by atoms with Gasteiger partial charge in [0.25, 0.3) is 0 Å². The summed E-state index contributed by atoms with van der Waals surface area (Å²) < 4.78 is 15.4. The summed E-state index contributed by atoms with van der Waals surface area (Å²) >= 11 is 0. The summed E-state index contributed by atoms with van der Waals surface area (Å²) in [5, 5.41) is 15.8. The van der Waals surface area contributed by atoms with Gasteiger partial charge in [-0.05, 0) is 29.8 Å². The van der Waals surface area contributed by atoms with E-state index in [0.29, 0.717) is 11.5 Å². The molecule has 1 aliphatic rings. The van der Waals surface area contributed by atoms with Crippen molar-refractivity contribution in [3.8, 4) is 11.5 Å². The van der Waals surface area contributed by atoms with Crippen molar-refractivity contribution in [3.63, 3.8) is 0 Å². The number of quaternary nitrogens is 1. The number of rotatable bonds is 6. The molecule has 8 heteroatoms. The first-order chi connectivity index (χ1) is 14.5. The molecule has 8 nitrogen and oxygen atoms in total. The van der Waals surface area contributed by atoms with Crippen LogP contribution in [0.4, 0.5) is 5.69 Å². The number of carbonyl (C=O) groups is 2. The van der Waals surface area contributed by atoms with E-state index in [-0.39, 0.29) is 11.3 Å². The van der Waals surface area contributed by atoms with Gasteiger partial charge in [-0.25, -0.2) is 0 Å². The summed E-state index contributed by atoms with van der Waals surface area (Å²) in [4.78, 5) is 23.0. The van der Waals surface area contributed by atoms with E-state index in [4.69, 9.17) is 14.2 Å². The molecule has 0 aliphatic carbocycles. The van der Waals surface area contributed by atoms with Gasteiger partial charge in [-0.2, -0.15) is 0 Å². The molecule has 0 atom stereocenters. The summed E-state index contributed by atoms with van der Waals surface area (Å²) in [5.74, 6) is -0.683. The molecule has 2 aromatic rings. The van der Waals surface area contributed by atoms with Gasteiger partial charge >= 0.3 is 0 Å². The van der Waals surface area contributed by atoms with E-state index in [1.165, 1.54) is 32.4 Å². The number of hydrogen-bond donors (Lipinski definition) is 2. The van der Waals surface area contributed by atoms with Crippen LogP contribution < -0.4 is 25.2 Å². The fourth-order valence-electron chi connectivity index (χ4n) is 2.65. The topological polar surface area (TPSA) is 114 Å². The Hall–Kier alpha value is -3.36. The molecule has 0 spiro atoms. The first-order valence-electron chi connectivity index (χ1n) is 9.46. The minimum Gasteiger partial charge on any atom is -0.545 e. The molecule has 2 aromatic carbocycles. The Labute approximate surface area is 175 Å². The molecule has 1 heterocycles. The Morgan fingerprint density at radius 2 is 1.77 bits per heavy atom. The van der Waals surface area contributed by atoms with Crippen molar-refractivity contribution in [2.24, 2.45) is 0 Å². The zero-order valence-corrected chi connectivity index (χ0v) is 17.1. The molecule has 1 amide bonds. The summed E-state index contributed by atoms with van der Waals surface area (Å²) in [5.41, 5.74) is 0.834. The van der Waals surface area contributed by atoms with Crippen LogP contribution in [0, 0.1) is 0 Å². The summed E-state index contributed by atoms with van der Waals surface area (Å²) in [6, 6.07) is 11.2. The van der Waals surface area contributed by atoms with Crippen molar-refractivity contribution < 1.29 is 34.2 Å². The van der Waals surface area contributed by atoms with Gasteiger partial charge in [-0.1, -0.05) is 24.3 Å². The van der Waals surface area contributed by atoms with Crippen molar-refractivity contribution in [2.45, 2.75) is 0 Å². The lowest BCUT2D eigenvalue weighted by Gasteiger charge is -2.10. The molecule has 1 saturated heterocycles. The monoisotopic (exact) mass is 414 g/mol. The second kappa shape index (κ2) is 12.3. The third-order valence-corrected chi connectivity index (χ3v) is 4.17. The average molecular weight is 414 g/mol. The molecule has 1 aliphatic heterocycles. The van der Waals surface area contributed by atoms with Gasteiger partial charge in [0.1, 0.15) is 0 Å². The Morgan fingerprint density at radius 1 is 1.07 bits per heavy atom. The Morgan fingerprint density at radius 3 is 2.33 bits per heavy atom. The number of ether oxygens (including phenoxy) is 3. The van der Waals surface area contributed by atoms with Crippen LogP contribution in [-0.2, 0) is 9.53 Å². The van der Waals surface area contributed by atoms with Crippen LogP contribution in [0.25, 0.3) is 6.08 Å². The number of methoxy groups -OCH3 is 2. The van der Waals surface area contributed by atoms with Gasteiger partial charge in [-0.15, -0.1) is 0 Å². The van der Waals surface area contributed by atoms with Crippen LogP contribution in [-0.4, -0.2) is 52.4 Å². The number of aromatic carboxylic acids is 1. The molecule has 0 bridgehead atoms. The lowest BCUT2D eigenvalue weighted by molar-refractivity contribution is -0.670. The van der Waals surface area contributed by atoms with Gasteiger partial charge < -0.3 is 34.7 Å². The Balaban J connectivity index is 0.000000456. The molecular weight excluding hydrogens is 388 g/mol. The molecule has 0 saturated carbocycles. The normalized spacial score (nSPS) is 13.1. The van der Waals surface area contributed by atoms with E-state index in [0.717, 1.165) is 31.9 Å². The van der Waals surface area contributed by atoms with Crippen molar-refractivity contribution >= 4 is 23.6 Å². The first-order valence-corrected chi connectivity index (χ1v) is 9.46. The molecular formula is C22H26N2O6. The first kappa shape index (κ1) is 22.9. The molecule has 0 aromatic heterocycles. The SMILES string of the molecule is C1COCC[NH2+]1.COc1ccc(/C=C/C(=O)Nc2ccccc2C(=O)[O-])cc1OC. The lowest BCUT2D eigenvalue weighted by atomic mass is 10.1. The lowest BCUT2D eigenvalue weighted by Crippen LogP contribution is -2.87. The molecule has 160 valence electrons. The van der Waals surface area contributed by atoms with E-state index < -0.39 is 11.9 Å². The zero-order valence-electron chi connectivity index (χ0n) is 17.1. The highest BCUT2D eigenvalue weighted by molar-refractivity contribution is 6.05. The zero-order chi connectivity index (χ0) is 21.8. The standard InChI is InChI=1S/C18H17NO5.C4H9NO/c1-23-15-9-7-12(11-16(15)24-2)8-10-17(20)19-14-6-4-3-5-13(14)18(21)22;1-3-6-4-2-5-1/h3-11H,1-2H3,(H,19,20)(H,21,22);5H,1-4H2/b10-8+;. The molecule has 0 radical (unpaired) electrons. The average Bonchev–Trinajstić information content (AvgIpc) is 2.79. The smallest absolute Gasteiger partial charge is 0.248 e. The molecule has 3 rings (SSSR count). The van der Waals surface area contributed by atoms with Crippen LogP contribution in [0.15, 0.2) is 48.5 Å². The minimum atomic E-state index is -1.35. The largest absolute Gasteiger partial charge is 0.545 e. The number of para-hydroxylation sites is 1. The van der Waals surface area contributed by atoms with Crippen LogP contribution in [0.1, 0.15) is 15.9 Å². The van der Waals surface area contributed by atoms with Crippen LogP contribution in [0.5, 0.6) is 11.5 Å². The number of carbonyl (C=O) groups excluding carboxylic acids is 2. The summed E-state index contributed by atoms with van der Waals surface area (Å²) in [6.45, 7) is 4.19. The van der Waals surface area contributed by atoms with E-state index in [2.05, 4.69) is 10.6 Å². The van der Waals surface area contributed by atoms with Crippen LogP contribution in [0.3, 0.4) is 0 Å². The Bertz CT molecular complexity index is 866. The maximum atomic E-state index is 12.0. The van der Waals surface area contributed by atoms with Gasteiger partial charge in [0, 0.05) is 11.6 Å². The minimum absolute atomic E-state index is 0.0784. The third-order valence-electron chi connectivity index (χ3n) is 4.17. The van der Waals surface area contributed by atoms with Gasteiger partial charge in [0.15, 0.2) is 11.5 Å². The Kier molecular flexibility index (Phi) is 9.36. The van der Waals surface area contributed by atoms with E-state index in [9.17, 15) is 14.7 Å². The van der Waals surface area contributed by atoms with Crippen LogP contribution in [0.2, 0.25) is 0 Å². The number of nitrogens with two attached hydrogens (primary N) is 1. The predicted molar refractivity (Wildman–Crippen MR) is 110 cm³/mol. The maximum Gasteiger partial charge on any atom is 0.248 e. The second-order valence-electron chi connectivity index (χ2n) is 6.25. The van der Waals surface area contributed by atoms with Gasteiger partial charge in [0.2, 0.25) is 5.91 Å². The maximum absolute atomic E-state index is 12.0. The number of benzene rings is 2. The highest BCUT2D eigenvalue weighted by Crippen LogP contribution is 2.28. The number of carboxylic acid groups (broad SMARTS) is 1. The second-order valence-corrected chi connectivity index (χ2v) is 6.25. The number of hydrogen-bond acceptors (Lipinski definition) is 6. The molecule has 0 unspecified atom stereocenters. The quantitative estimate of drug-likeness (QED) is 0.658.